The fourth-order valence-electron chi connectivity index (χ4n) is 1.61. The molecule has 2 atom stereocenters. The molecule has 1 saturated heterocycles. The molecule has 0 saturated carbocycles. The fraction of sp³-hybridized carbons (Fsp3) is 0.417. The average Bonchev–Trinajstić information content (AvgIpc) is 2.81. The first kappa shape index (κ1) is 9.41. The molecule has 1 aliphatic heterocycles. The molecule has 2 nitrogen and oxygen atoms in total. The van der Waals surface area contributed by atoms with Crippen molar-refractivity contribution in [3.63, 3.8) is 0 Å². The van der Waals surface area contributed by atoms with Crippen molar-refractivity contribution in [3.05, 3.63) is 35.4 Å². The zero-order chi connectivity index (χ0) is 10.3. The number of benzene rings is 1. The van der Waals surface area contributed by atoms with Crippen molar-refractivity contribution in [2.75, 3.05) is 0 Å². The summed E-state index contributed by atoms with van der Waals surface area (Å²) < 4.78 is 5.44. The smallest absolute Gasteiger partial charge is 0.164 e. The van der Waals surface area contributed by atoms with Gasteiger partial charge >= 0.3 is 0 Å². The largest absolute Gasteiger partial charge is 0.353 e. The lowest BCUT2D eigenvalue weighted by molar-refractivity contribution is -0.121. The second kappa shape index (κ2) is 2.92. The van der Waals surface area contributed by atoms with E-state index in [-0.39, 0.29) is 11.9 Å². The number of rotatable bonds is 2. The molecule has 2 rings (SSSR count). The van der Waals surface area contributed by atoms with E-state index in [4.69, 9.17) is 4.74 Å². The number of ketones is 1. The Morgan fingerprint density at radius 1 is 1.36 bits per heavy atom. The highest BCUT2D eigenvalue weighted by Gasteiger charge is 2.56. The molecule has 1 aromatic rings. The molecule has 74 valence electrons. The van der Waals surface area contributed by atoms with Crippen LogP contribution in [0, 0.1) is 6.92 Å². The maximum absolute atomic E-state index is 11.3. The Labute approximate surface area is 83.9 Å². The second-order valence-corrected chi connectivity index (χ2v) is 4.07. The van der Waals surface area contributed by atoms with Crippen LogP contribution in [-0.4, -0.2) is 11.4 Å². The van der Waals surface area contributed by atoms with E-state index in [9.17, 15) is 4.79 Å². The lowest BCUT2D eigenvalue weighted by atomic mass is 9.97. The molecule has 0 bridgehead atoms. The summed E-state index contributed by atoms with van der Waals surface area (Å²) in [6.45, 7) is 5.47. The zero-order valence-corrected chi connectivity index (χ0v) is 8.70. The van der Waals surface area contributed by atoms with E-state index in [2.05, 4.69) is 0 Å². The van der Waals surface area contributed by atoms with Crippen LogP contribution in [-0.2, 0) is 9.53 Å². The van der Waals surface area contributed by atoms with Gasteiger partial charge in [0.1, 0.15) is 6.10 Å². The van der Waals surface area contributed by atoms with Crippen molar-refractivity contribution in [1.82, 2.24) is 0 Å². The monoisotopic (exact) mass is 190 g/mol. The Balaban J connectivity index is 2.21. The third-order valence-corrected chi connectivity index (χ3v) is 2.88. The number of hydrogen-bond acceptors (Lipinski definition) is 2. The molecule has 0 N–H and O–H groups in total. The van der Waals surface area contributed by atoms with Crippen LogP contribution in [0.15, 0.2) is 24.3 Å². The lowest BCUT2D eigenvalue weighted by Crippen LogP contribution is -2.17. The summed E-state index contributed by atoms with van der Waals surface area (Å²) in [5, 5.41) is 0. The van der Waals surface area contributed by atoms with Gasteiger partial charge in [0.25, 0.3) is 0 Å². The van der Waals surface area contributed by atoms with Gasteiger partial charge in [-0.05, 0) is 26.3 Å². The minimum atomic E-state index is -0.574. The van der Waals surface area contributed by atoms with Crippen LogP contribution in [0.1, 0.15) is 31.1 Å². The van der Waals surface area contributed by atoms with Crippen LogP contribution in [0.2, 0.25) is 0 Å². The molecular formula is C12H14O2. The molecule has 1 aliphatic rings. The Morgan fingerprint density at radius 2 is 1.93 bits per heavy atom. The third-order valence-electron chi connectivity index (χ3n) is 2.88. The van der Waals surface area contributed by atoms with E-state index in [0.717, 1.165) is 5.56 Å². The molecule has 0 radical (unpaired) electrons. The fourth-order valence-corrected chi connectivity index (χ4v) is 1.61. The summed E-state index contributed by atoms with van der Waals surface area (Å²) in [5.74, 6) is 0.100. The zero-order valence-electron chi connectivity index (χ0n) is 8.70. The van der Waals surface area contributed by atoms with Gasteiger partial charge in [-0.2, -0.15) is 0 Å². The minimum absolute atomic E-state index is 0.0411. The minimum Gasteiger partial charge on any atom is -0.353 e. The van der Waals surface area contributed by atoms with Gasteiger partial charge in [-0.1, -0.05) is 29.8 Å². The van der Waals surface area contributed by atoms with Gasteiger partial charge in [0.15, 0.2) is 11.4 Å². The maximum atomic E-state index is 11.3. The first-order chi connectivity index (χ1) is 6.54. The van der Waals surface area contributed by atoms with Gasteiger partial charge in [-0.25, -0.2) is 0 Å². The predicted molar refractivity (Wildman–Crippen MR) is 54.1 cm³/mol. The van der Waals surface area contributed by atoms with Crippen LogP contribution in [0.25, 0.3) is 0 Å². The van der Waals surface area contributed by atoms with Crippen molar-refractivity contribution < 1.29 is 9.53 Å². The Kier molecular flexibility index (Phi) is 1.96. The van der Waals surface area contributed by atoms with Crippen LogP contribution >= 0.6 is 0 Å². The second-order valence-electron chi connectivity index (χ2n) is 4.07. The van der Waals surface area contributed by atoms with E-state index in [1.165, 1.54) is 5.56 Å². The van der Waals surface area contributed by atoms with E-state index >= 15 is 0 Å². The van der Waals surface area contributed by atoms with E-state index in [1.54, 1.807) is 6.92 Å². The normalized spacial score (nSPS) is 30.1. The summed E-state index contributed by atoms with van der Waals surface area (Å²) in [4.78, 5) is 11.3. The molecular weight excluding hydrogens is 176 g/mol. The predicted octanol–water partition coefficient (Wildman–Crippen LogP) is 2.41. The van der Waals surface area contributed by atoms with Crippen molar-refractivity contribution in [2.45, 2.75) is 32.5 Å². The maximum Gasteiger partial charge on any atom is 0.164 e. The standard InChI is InChI=1S/C12H14O2/c1-8-4-6-10(7-5-8)11-12(3,14-11)9(2)13/h4-7,11H,1-3H3/t11-,12-/m1/s1. The average molecular weight is 190 g/mol. The van der Waals surface area contributed by atoms with E-state index in [0.29, 0.717) is 0 Å². The van der Waals surface area contributed by atoms with Gasteiger partial charge in [0.2, 0.25) is 0 Å². The number of Topliss-reactive ketones (excluding diaryl/α,β-unsaturated/α-hetero) is 1. The Morgan fingerprint density at radius 3 is 2.36 bits per heavy atom. The van der Waals surface area contributed by atoms with Crippen molar-refractivity contribution >= 4 is 5.78 Å². The number of carbonyl (C=O) groups is 1. The van der Waals surface area contributed by atoms with Crippen LogP contribution in [0.3, 0.4) is 0 Å². The molecule has 0 aliphatic carbocycles. The van der Waals surface area contributed by atoms with Crippen LogP contribution in [0.4, 0.5) is 0 Å². The summed E-state index contributed by atoms with van der Waals surface area (Å²) in [7, 11) is 0. The highest BCUT2D eigenvalue weighted by molar-refractivity contribution is 5.88. The van der Waals surface area contributed by atoms with Gasteiger partial charge in [0, 0.05) is 0 Å². The molecule has 1 aromatic carbocycles. The van der Waals surface area contributed by atoms with Crippen molar-refractivity contribution in [2.24, 2.45) is 0 Å². The number of epoxide rings is 1. The van der Waals surface area contributed by atoms with Crippen LogP contribution < -0.4 is 0 Å². The Bertz CT molecular complexity index is 366. The SMILES string of the molecule is CC(=O)[C@@]1(C)O[C@@H]1c1ccc(C)cc1. The summed E-state index contributed by atoms with van der Waals surface area (Å²) >= 11 is 0. The van der Waals surface area contributed by atoms with Gasteiger partial charge < -0.3 is 4.74 Å². The topological polar surface area (TPSA) is 29.6 Å². The van der Waals surface area contributed by atoms with Crippen molar-refractivity contribution in [1.29, 1.82) is 0 Å². The van der Waals surface area contributed by atoms with E-state index in [1.807, 2.05) is 38.1 Å². The quantitative estimate of drug-likeness (QED) is 0.670. The first-order valence-corrected chi connectivity index (χ1v) is 4.79. The van der Waals surface area contributed by atoms with Gasteiger partial charge in [-0.15, -0.1) is 0 Å². The van der Waals surface area contributed by atoms with E-state index < -0.39 is 5.60 Å². The number of carbonyl (C=O) groups excluding carboxylic acids is 1. The molecule has 0 spiro atoms. The molecule has 0 aromatic heterocycles. The Hall–Kier alpha value is -1.15. The molecule has 14 heavy (non-hydrogen) atoms. The summed E-state index contributed by atoms with van der Waals surface area (Å²) in [5.41, 5.74) is 1.74. The number of aryl methyl sites for hydroxylation is 1. The summed E-state index contributed by atoms with van der Waals surface area (Å²) in [6.07, 6.45) is -0.0411. The number of hydrogen-bond donors (Lipinski definition) is 0. The van der Waals surface area contributed by atoms with Gasteiger partial charge in [-0.3, -0.25) is 4.79 Å². The molecule has 1 heterocycles. The lowest BCUT2D eigenvalue weighted by Gasteiger charge is -2.00. The molecule has 2 heteroatoms. The van der Waals surface area contributed by atoms with Gasteiger partial charge in [0.05, 0.1) is 0 Å². The summed E-state index contributed by atoms with van der Waals surface area (Å²) in [6, 6.07) is 8.12. The highest BCUT2D eigenvalue weighted by Crippen LogP contribution is 2.49. The molecule has 1 fully saturated rings. The third kappa shape index (κ3) is 1.36. The molecule has 0 amide bonds. The highest BCUT2D eigenvalue weighted by atomic mass is 16.6. The molecule has 0 unspecified atom stereocenters. The number of ether oxygens (including phenoxy) is 1. The van der Waals surface area contributed by atoms with Crippen LogP contribution in [0.5, 0.6) is 0 Å². The first-order valence-electron chi connectivity index (χ1n) is 4.79. The van der Waals surface area contributed by atoms with Crippen molar-refractivity contribution in [3.8, 4) is 0 Å².